The summed E-state index contributed by atoms with van der Waals surface area (Å²) in [6, 6.07) is 41.3. The van der Waals surface area contributed by atoms with Crippen LogP contribution in [0.4, 0.5) is 0 Å². The number of carbonyl (C=O) groups is 2. The molecule has 4 nitrogen and oxygen atoms in total. The van der Waals surface area contributed by atoms with Gasteiger partial charge in [0.2, 0.25) is 0 Å². The summed E-state index contributed by atoms with van der Waals surface area (Å²) in [5.41, 5.74) is 4.44. The molecule has 0 unspecified atom stereocenters. The van der Waals surface area contributed by atoms with Crippen molar-refractivity contribution < 1.29 is 29.7 Å². The molecule has 0 fully saturated rings. The molecular formula is C35H30IrN2O2. The van der Waals surface area contributed by atoms with E-state index in [9.17, 15) is 9.59 Å². The molecule has 201 valence electrons. The SMILES string of the molecule is CC(=O)CC(C)=O.[Ir].c1ccc(-c2nccc3ccccc23)cc1.c1ccc(-c2nccc3ccccc23)cc1. The second kappa shape index (κ2) is 15.3. The van der Waals surface area contributed by atoms with Gasteiger partial charge in [-0.15, -0.1) is 0 Å². The number of hydrogen-bond donors (Lipinski definition) is 0. The van der Waals surface area contributed by atoms with Crippen LogP contribution in [0.1, 0.15) is 20.3 Å². The molecule has 4 aromatic carbocycles. The maximum Gasteiger partial charge on any atom is 0.137 e. The van der Waals surface area contributed by atoms with Crippen LogP contribution in [-0.2, 0) is 29.7 Å². The molecule has 0 bridgehead atoms. The molecule has 40 heavy (non-hydrogen) atoms. The van der Waals surface area contributed by atoms with Gasteiger partial charge in [0.15, 0.2) is 0 Å². The van der Waals surface area contributed by atoms with E-state index in [1.54, 1.807) is 0 Å². The molecule has 0 spiro atoms. The molecule has 0 amide bonds. The standard InChI is InChI=1S/2C15H11N.C5H8O2.Ir/c2*1-2-7-13(8-3-1)15-14-9-5-4-6-12(14)10-11-16-15;1-4(6)3-5(2)7;/h2*1-11H;3H2,1-2H3;. The van der Waals surface area contributed by atoms with Crippen molar-refractivity contribution in [3.63, 3.8) is 0 Å². The van der Waals surface area contributed by atoms with E-state index in [1.807, 2.05) is 60.9 Å². The summed E-state index contributed by atoms with van der Waals surface area (Å²) in [6.45, 7) is 2.81. The second-order valence-corrected chi connectivity index (χ2v) is 9.07. The fourth-order valence-electron chi connectivity index (χ4n) is 4.24. The van der Waals surface area contributed by atoms with Crippen molar-refractivity contribution in [1.29, 1.82) is 0 Å². The van der Waals surface area contributed by atoms with E-state index < -0.39 is 0 Å². The van der Waals surface area contributed by atoms with E-state index >= 15 is 0 Å². The van der Waals surface area contributed by atoms with Crippen molar-refractivity contribution in [2.24, 2.45) is 0 Å². The quantitative estimate of drug-likeness (QED) is 0.173. The summed E-state index contributed by atoms with van der Waals surface area (Å²) in [7, 11) is 0. The predicted octanol–water partition coefficient (Wildman–Crippen LogP) is 8.36. The molecule has 1 radical (unpaired) electrons. The van der Waals surface area contributed by atoms with E-state index in [-0.39, 0.29) is 38.1 Å². The first-order valence-corrected chi connectivity index (χ1v) is 12.8. The molecule has 0 atom stereocenters. The van der Waals surface area contributed by atoms with E-state index in [4.69, 9.17) is 0 Å². The molecule has 2 aromatic heterocycles. The molecule has 0 N–H and O–H groups in total. The van der Waals surface area contributed by atoms with Crippen molar-refractivity contribution >= 4 is 33.1 Å². The Morgan fingerprint density at radius 1 is 0.500 bits per heavy atom. The third kappa shape index (κ3) is 8.34. The first-order chi connectivity index (χ1) is 19.0. The number of aromatic nitrogens is 2. The normalized spacial score (nSPS) is 9.85. The van der Waals surface area contributed by atoms with Gasteiger partial charge in [-0.1, -0.05) is 109 Å². The summed E-state index contributed by atoms with van der Waals surface area (Å²) < 4.78 is 0. The third-order valence-electron chi connectivity index (χ3n) is 5.94. The Labute approximate surface area is 248 Å². The number of Topliss-reactive ketones (excluding diaryl/α,β-unsaturated/α-hetero) is 2. The van der Waals surface area contributed by atoms with E-state index in [2.05, 4.69) is 82.8 Å². The zero-order chi connectivity index (χ0) is 27.5. The van der Waals surface area contributed by atoms with Crippen LogP contribution in [-0.4, -0.2) is 21.5 Å². The summed E-state index contributed by atoms with van der Waals surface area (Å²) in [4.78, 5) is 29.0. The molecule has 6 rings (SSSR count). The number of nitrogens with zero attached hydrogens (tertiary/aromatic N) is 2. The Bertz CT molecular complexity index is 1550. The predicted molar refractivity (Wildman–Crippen MR) is 160 cm³/mol. The van der Waals surface area contributed by atoms with E-state index in [0.717, 1.165) is 11.4 Å². The minimum absolute atomic E-state index is 0. The van der Waals surface area contributed by atoms with Crippen molar-refractivity contribution in [3.8, 4) is 22.5 Å². The zero-order valence-corrected chi connectivity index (χ0v) is 24.8. The summed E-state index contributed by atoms with van der Waals surface area (Å²) in [5, 5.41) is 4.88. The van der Waals surface area contributed by atoms with Gasteiger partial charge in [0.25, 0.3) is 0 Å². The maximum absolute atomic E-state index is 10.0. The van der Waals surface area contributed by atoms with Gasteiger partial charge in [0.05, 0.1) is 17.8 Å². The third-order valence-corrected chi connectivity index (χ3v) is 5.94. The van der Waals surface area contributed by atoms with E-state index in [1.165, 1.54) is 46.5 Å². The van der Waals surface area contributed by atoms with Crippen LogP contribution < -0.4 is 0 Å². The Morgan fingerprint density at radius 2 is 0.850 bits per heavy atom. The van der Waals surface area contributed by atoms with Crippen LogP contribution in [0.15, 0.2) is 134 Å². The fraction of sp³-hybridized carbons (Fsp3) is 0.0857. The Hall–Kier alpha value is -4.31. The van der Waals surface area contributed by atoms with Crippen LogP contribution in [0.3, 0.4) is 0 Å². The monoisotopic (exact) mass is 703 g/mol. The average molecular weight is 703 g/mol. The summed E-state index contributed by atoms with van der Waals surface area (Å²) >= 11 is 0. The topological polar surface area (TPSA) is 59.9 Å². The molecule has 0 aliphatic heterocycles. The van der Waals surface area contributed by atoms with Crippen molar-refractivity contribution in [3.05, 3.63) is 134 Å². The average Bonchev–Trinajstić information content (AvgIpc) is 2.97. The number of pyridine rings is 2. The van der Waals surface area contributed by atoms with Crippen LogP contribution in [0.2, 0.25) is 0 Å². The van der Waals surface area contributed by atoms with Gasteiger partial charge in [0, 0.05) is 54.4 Å². The molecule has 6 aromatic rings. The van der Waals surface area contributed by atoms with Gasteiger partial charge >= 0.3 is 0 Å². The molecule has 5 heteroatoms. The van der Waals surface area contributed by atoms with Crippen LogP contribution >= 0.6 is 0 Å². The molecule has 0 aliphatic rings. The molecular weight excluding hydrogens is 673 g/mol. The Morgan fingerprint density at radius 3 is 1.20 bits per heavy atom. The van der Waals surface area contributed by atoms with Crippen molar-refractivity contribution in [1.82, 2.24) is 9.97 Å². The first-order valence-electron chi connectivity index (χ1n) is 12.8. The minimum atomic E-state index is -0.0625. The van der Waals surface area contributed by atoms with E-state index in [0.29, 0.717) is 0 Å². The summed E-state index contributed by atoms with van der Waals surface area (Å²) in [5.74, 6) is -0.125. The number of ketones is 2. The van der Waals surface area contributed by atoms with Gasteiger partial charge in [-0.3, -0.25) is 19.6 Å². The maximum atomic E-state index is 10.0. The first kappa shape index (κ1) is 30.2. The van der Waals surface area contributed by atoms with Gasteiger partial charge in [0.1, 0.15) is 11.6 Å². The van der Waals surface area contributed by atoms with Crippen molar-refractivity contribution in [2.45, 2.75) is 20.3 Å². The largest absolute Gasteiger partial charge is 0.300 e. The number of benzene rings is 4. The molecule has 0 saturated heterocycles. The van der Waals surface area contributed by atoms with Crippen LogP contribution in [0, 0.1) is 0 Å². The van der Waals surface area contributed by atoms with Gasteiger partial charge < -0.3 is 0 Å². The van der Waals surface area contributed by atoms with Crippen LogP contribution in [0.25, 0.3) is 44.1 Å². The van der Waals surface area contributed by atoms with Crippen molar-refractivity contribution in [2.75, 3.05) is 0 Å². The van der Waals surface area contributed by atoms with Gasteiger partial charge in [-0.25, -0.2) is 0 Å². The molecule has 0 saturated carbocycles. The fourth-order valence-corrected chi connectivity index (χ4v) is 4.24. The summed E-state index contributed by atoms with van der Waals surface area (Å²) in [6.07, 6.45) is 3.81. The minimum Gasteiger partial charge on any atom is -0.300 e. The smallest absolute Gasteiger partial charge is 0.137 e. The number of fused-ring (bicyclic) bond motifs is 2. The Balaban J connectivity index is 0.000000177. The zero-order valence-electron chi connectivity index (χ0n) is 22.5. The Kier molecular flexibility index (Phi) is 11.6. The number of rotatable bonds is 4. The molecule has 0 aliphatic carbocycles. The number of carbonyl (C=O) groups excluding carboxylic acids is 2. The van der Waals surface area contributed by atoms with Gasteiger partial charge in [-0.05, 0) is 36.8 Å². The van der Waals surface area contributed by atoms with Crippen LogP contribution in [0.5, 0.6) is 0 Å². The molecule has 2 heterocycles. The van der Waals surface area contributed by atoms with Gasteiger partial charge in [-0.2, -0.15) is 0 Å². The number of hydrogen-bond acceptors (Lipinski definition) is 4. The second-order valence-electron chi connectivity index (χ2n) is 9.07.